The van der Waals surface area contributed by atoms with E-state index in [1.165, 1.54) is 5.70 Å². The zero-order valence-electron chi connectivity index (χ0n) is 18.2. The topological polar surface area (TPSA) is 76.5 Å². The van der Waals surface area contributed by atoms with E-state index in [0.717, 1.165) is 51.5 Å². The molecule has 4 aromatic rings. The number of allylic oxidation sites excluding steroid dienone is 2. The highest BCUT2D eigenvalue weighted by Crippen LogP contribution is 2.42. The number of fused-ring (bicyclic) bond motifs is 4. The summed E-state index contributed by atoms with van der Waals surface area (Å²) in [6, 6.07) is 10.1. The van der Waals surface area contributed by atoms with Crippen LogP contribution in [0.4, 0.5) is 14.6 Å². The van der Waals surface area contributed by atoms with Gasteiger partial charge in [0, 0.05) is 55.0 Å². The molecule has 2 N–H and O–H groups in total. The van der Waals surface area contributed by atoms with E-state index >= 15 is 0 Å². The van der Waals surface area contributed by atoms with Crippen LogP contribution in [0.2, 0.25) is 0 Å². The normalized spacial score (nSPS) is 18.8. The summed E-state index contributed by atoms with van der Waals surface area (Å²) in [4.78, 5) is 16.8. The molecule has 0 atom stereocenters. The van der Waals surface area contributed by atoms with Gasteiger partial charge < -0.3 is 14.8 Å². The zero-order chi connectivity index (χ0) is 22.9. The van der Waals surface area contributed by atoms with Crippen molar-refractivity contribution in [2.75, 3.05) is 24.5 Å². The first kappa shape index (κ1) is 19.5. The molecule has 2 saturated heterocycles. The summed E-state index contributed by atoms with van der Waals surface area (Å²) >= 11 is 0. The number of alkyl halides is 2. The second-order valence-corrected chi connectivity index (χ2v) is 9.00. The molecule has 170 valence electrons. The van der Waals surface area contributed by atoms with Gasteiger partial charge in [0.05, 0.1) is 17.8 Å². The molecule has 0 aliphatic carbocycles. The second-order valence-electron chi connectivity index (χ2n) is 9.00. The van der Waals surface area contributed by atoms with Gasteiger partial charge in [0.15, 0.2) is 11.6 Å². The minimum absolute atomic E-state index is 0.137. The van der Waals surface area contributed by atoms with Crippen molar-refractivity contribution in [3.63, 3.8) is 0 Å². The third-order valence-electron chi connectivity index (χ3n) is 6.81. The van der Waals surface area contributed by atoms with E-state index in [1.54, 1.807) is 6.20 Å². The average molecular weight is 457 g/mol. The monoisotopic (exact) mass is 457 g/mol. The maximum absolute atomic E-state index is 13.8. The van der Waals surface area contributed by atoms with E-state index in [4.69, 9.17) is 4.98 Å². The van der Waals surface area contributed by atoms with Gasteiger partial charge in [-0.3, -0.25) is 10.1 Å². The van der Waals surface area contributed by atoms with Gasteiger partial charge in [-0.2, -0.15) is 5.10 Å². The number of pyridine rings is 1. The van der Waals surface area contributed by atoms with Crippen molar-refractivity contribution < 1.29 is 8.78 Å². The maximum atomic E-state index is 13.8. The lowest BCUT2D eigenvalue weighted by Gasteiger charge is -2.34. The molecule has 34 heavy (non-hydrogen) atoms. The Labute approximate surface area is 193 Å². The molecule has 0 amide bonds. The Morgan fingerprint density at radius 3 is 2.74 bits per heavy atom. The van der Waals surface area contributed by atoms with Crippen LogP contribution in [-0.2, 0) is 0 Å². The quantitative estimate of drug-likeness (QED) is 0.432. The maximum Gasteiger partial charge on any atom is 0.251 e. The first-order chi connectivity index (χ1) is 16.6. The number of aromatic amines is 2. The number of rotatable bonds is 3. The fourth-order valence-corrected chi connectivity index (χ4v) is 4.83. The van der Waals surface area contributed by atoms with Crippen molar-refractivity contribution in [3.05, 3.63) is 66.3 Å². The summed E-state index contributed by atoms with van der Waals surface area (Å²) < 4.78 is 27.6. The Morgan fingerprint density at radius 1 is 1.03 bits per heavy atom. The molecule has 0 saturated carbocycles. The standard InChI is InChI=1S/C25H21F2N7/c26-25(27)7-10-33(11-8-25)20-6-4-17-14-34(17)24-22(20)29-23(30-24)21-18-12-15(3-5-19(18)31-32-21)16-2-1-9-28-13-16/h1-6,9,12-13H,7-8,10-11,14H2,(H,29,30)(H,31,32). The van der Waals surface area contributed by atoms with Crippen LogP contribution in [-0.4, -0.2) is 55.6 Å². The van der Waals surface area contributed by atoms with Gasteiger partial charge in [0.1, 0.15) is 11.4 Å². The highest BCUT2D eigenvalue weighted by molar-refractivity contribution is 5.95. The Morgan fingerprint density at radius 2 is 1.91 bits per heavy atom. The third-order valence-corrected chi connectivity index (χ3v) is 6.81. The van der Waals surface area contributed by atoms with E-state index in [9.17, 15) is 8.78 Å². The van der Waals surface area contributed by atoms with E-state index in [2.05, 4.69) is 37.2 Å². The SMILES string of the molecule is FC1(F)CCN(C2=CC=C3CN3c3nc(-c4n[nH]c5ccc(-c6cccnc6)cc45)[nH]c32)CC1. The van der Waals surface area contributed by atoms with Gasteiger partial charge in [-0.1, -0.05) is 12.1 Å². The molecular formula is C25H21F2N7. The van der Waals surface area contributed by atoms with Crippen LogP contribution >= 0.6 is 0 Å². The predicted molar refractivity (Wildman–Crippen MR) is 126 cm³/mol. The molecule has 9 heteroatoms. The van der Waals surface area contributed by atoms with Crippen LogP contribution < -0.4 is 4.90 Å². The number of benzene rings is 1. The van der Waals surface area contributed by atoms with Crippen LogP contribution in [0.25, 0.3) is 39.2 Å². The Bertz CT molecular complexity index is 1470. The van der Waals surface area contributed by atoms with E-state index in [0.29, 0.717) is 18.9 Å². The van der Waals surface area contributed by atoms with Crippen LogP contribution in [0.5, 0.6) is 0 Å². The number of likely N-dealkylation sites (tertiary alicyclic amines) is 1. The predicted octanol–water partition coefficient (Wildman–Crippen LogP) is 4.80. The number of H-pyrrole nitrogens is 2. The third kappa shape index (κ3) is 3.11. The molecule has 6 heterocycles. The van der Waals surface area contributed by atoms with Crippen molar-refractivity contribution in [2.45, 2.75) is 18.8 Å². The lowest BCUT2D eigenvalue weighted by molar-refractivity contribution is -0.0450. The summed E-state index contributed by atoms with van der Waals surface area (Å²) in [5.74, 6) is -1.11. The van der Waals surface area contributed by atoms with Gasteiger partial charge in [0.2, 0.25) is 0 Å². The molecule has 3 aliphatic heterocycles. The van der Waals surface area contributed by atoms with Gasteiger partial charge in [-0.05, 0) is 35.9 Å². The lowest BCUT2D eigenvalue weighted by atomic mass is 10.0. The molecule has 0 bridgehead atoms. The number of imidazole rings is 1. The van der Waals surface area contributed by atoms with Crippen LogP contribution in [0.3, 0.4) is 0 Å². The first-order valence-electron chi connectivity index (χ1n) is 11.4. The number of anilines is 1. The van der Waals surface area contributed by atoms with Crippen molar-refractivity contribution in [2.24, 2.45) is 0 Å². The molecule has 7 rings (SSSR count). The van der Waals surface area contributed by atoms with Gasteiger partial charge >= 0.3 is 0 Å². The number of halogens is 2. The van der Waals surface area contributed by atoms with Gasteiger partial charge in [-0.15, -0.1) is 0 Å². The van der Waals surface area contributed by atoms with Crippen LogP contribution in [0.15, 0.2) is 60.6 Å². The van der Waals surface area contributed by atoms with Crippen LogP contribution in [0.1, 0.15) is 18.5 Å². The van der Waals surface area contributed by atoms with Crippen LogP contribution in [0, 0.1) is 0 Å². The van der Waals surface area contributed by atoms with E-state index in [-0.39, 0.29) is 12.8 Å². The number of hydrogen-bond acceptors (Lipinski definition) is 5. The Kier molecular flexibility index (Phi) is 4.00. The largest absolute Gasteiger partial charge is 0.369 e. The molecule has 2 fully saturated rings. The van der Waals surface area contributed by atoms with E-state index < -0.39 is 5.92 Å². The van der Waals surface area contributed by atoms with Crippen molar-refractivity contribution >= 4 is 22.4 Å². The highest BCUT2D eigenvalue weighted by Gasteiger charge is 2.39. The molecule has 7 nitrogen and oxygen atoms in total. The summed E-state index contributed by atoms with van der Waals surface area (Å²) in [5, 5.41) is 8.62. The van der Waals surface area contributed by atoms with Gasteiger partial charge in [0.25, 0.3) is 5.92 Å². The molecular weight excluding hydrogens is 436 g/mol. The van der Waals surface area contributed by atoms with Crippen molar-refractivity contribution in [3.8, 4) is 22.6 Å². The van der Waals surface area contributed by atoms with E-state index in [1.807, 2.05) is 41.4 Å². The first-order valence-corrected chi connectivity index (χ1v) is 11.4. The molecule has 0 radical (unpaired) electrons. The number of hydrogen-bond donors (Lipinski definition) is 2. The zero-order valence-corrected chi connectivity index (χ0v) is 18.2. The summed E-state index contributed by atoms with van der Waals surface area (Å²) in [7, 11) is 0. The number of aromatic nitrogens is 5. The molecule has 3 aliphatic rings. The Balaban J connectivity index is 1.30. The minimum atomic E-state index is -2.59. The Hall–Kier alpha value is -4.01. The summed E-state index contributed by atoms with van der Waals surface area (Å²) in [5.41, 5.74) is 6.63. The number of nitrogens with zero attached hydrogens (tertiary/aromatic N) is 5. The fraction of sp³-hybridized carbons (Fsp3) is 0.240. The minimum Gasteiger partial charge on any atom is -0.369 e. The highest BCUT2D eigenvalue weighted by atomic mass is 19.3. The number of piperidine rings is 1. The average Bonchev–Trinajstić information content (AvgIpc) is 3.33. The number of nitrogens with one attached hydrogen (secondary N) is 2. The summed E-state index contributed by atoms with van der Waals surface area (Å²) in [6.07, 6.45) is 7.40. The second kappa shape index (κ2) is 6.99. The fourth-order valence-electron chi connectivity index (χ4n) is 4.83. The van der Waals surface area contributed by atoms with Crippen molar-refractivity contribution in [1.82, 2.24) is 30.0 Å². The van der Waals surface area contributed by atoms with Crippen molar-refractivity contribution in [1.29, 1.82) is 0 Å². The lowest BCUT2D eigenvalue weighted by Crippen LogP contribution is -2.38. The summed E-state index contributed by atoms with van der Waals surface area (Å²) in [6.45, 7) is 1.46. The van der Waals surface area contributed by atoms with Gasteiger partial charge in [-0.25, -0.2) is 13.8 Å². The molecule has 1 aromatic carbocycles. The molecule has 0 spiro atoms. The smallest absolute Gasteiger partial charge is 0.251 e. The molecule has 3 aromatic heterocycles. The molecule has 0 unspecified atom stereocenters.